The third kappa shape index (κ3) is 4.58. The number of nitriles is 1. The Hall–Kier alpha value is -2.69. The maximum Gasteiger partial charge on any atom is 0.338 e. The summed E-state index contributed by atoms with van der Waals surface area (Å²) in [5, 5.41) is 12.8. The van der Waals surface area contributed by atoms with Crippen LogP contribution in [0.1, 0.15) is 45.3 Å². The lowest BCUT2D eigenvalue weighted by molar-refractivity contribution is -0.119. The number of hydrogen-bond donors (Lipinski definition) is 1. The van der Waals surface area contributed by atoms with E-state index >= 15 is 0 Å². The number of carbonyl (C=O) groups is 2. The van der Waals surface area contributed by atoms with Crippen LogP contribution < -0.4 is 5.32 Å². The molecule has 1 atom stereocenters. The lowest BCUT2D eigenvalue weighted by Crippen LogP contribution is -2.21. The summed E-state index contributed by atoms with van der Waals surface area (Å²) in [6.45, 7) is 2.17. The molecule has 0 saturated carbocycles. The SMILES string of the molecule is COCc1cccc(C(=O)OCC(=O)Nc2sc3c(c2C#N)CC[C@@H](C)C3)c1. The molecule has 0 spiro atoms. The van der Waals surface area contributed by atoms with Crippen LogP contribution in [0.3, 0.4) is 0 Å². The normalized spacial score (nSPS) is 15.4. The maximum absolute atomic E-state index is 12.3. The van der Waals surface area contributed by atoms with E-state index in [1.165, 1.54) is 11.3 Å². The number of anilines is 1. The molecule has 28 heavy (non-hydrogen) atoms. The van der Waals surface area contributed by atoms with Crippen molar-refractivity contribution in [2.45, 2.75) is 32.8 Å². The van der Waals surface area contributed by atoms with E-state index in [2.05, 4.69) is 18.3 Å². The van der Waals surface area contributed by atoms with Crippen LogP contribution in [-0.2, 0) is 33.7 Å². The number of thiophene rings is 1. The Labute approximate surface area is 168 Å². The second-order valence-corrected chi connectivity index (χ2v) is 8.03. The second kappa shape index (κ2) is 9.00. The molecule has 146 valence electrons. The summed E-state index contributed by atoms with van der Waals surface area (Å²) in [5.74, 6) is -0.450. The van der Waals surface area contributed by atoms with Gasteiger partial charge in [-0.2, -0.15) is 5.26 Å². The average Bonchev–Trinajstić information content (AvgIpc) is 3.02. The van der Waals surface area contributed by atoms with Gasteiger partial charge in [-0.25, -0.2) is 4.79 Å². The number of nitrogens with one attached hydrogen (secondary N) is 1. The van der Waals surface area contributed by atoms with Crippen LogP contribution in [0.25, 0.3) is 0 Å². The molecule has 1 heterocycles. The van der Waals surface area contributed by atoms with Crippen LogP contribution in [0.15, 0.2) is 24.3 Å². The number of benzene rings is 1. The third-order valence-corrected chi connectivity index (χ3v) is 5.85. The average molecular weight is 398 g/mol. The topological polar surface area (TPSA) is 88.4 Å². The van der Waals surface area contributed by atoms with Crippen molar-refractivity contribution in [3.8, 4) is 6.07 Å². The zero-order chi connectivity index (χ0) is 20.1. The number of rotatable bonds is 6. The molecule has 7 heteroatoms. The van der Waals surface area contributed by atoms with Crippen molar-refractivity contribution in [3.05, 3.63) is 51.4 Å². The molecule has 6 nitrogen and oxygen atoms in total. The van der Waals surface area contributed by atoms with Gasteiger partial charge in [0.15, 0.2) is 6.61 Å². The molecule has 0 unspecified atom stereocenters. The number of fused-ring (bicyclic) bond motifs is 1. The summed E-state index contributed by atoms with van der Waals surface area (Å²) in [4.78, 5) is 25.6. The Morgan fingerprint density at radius 2 is 2.21 bits per heavy atom. The van der Waals surface area contributed by atoms with Crippen LogP contribution in [-0.4, -0.2) is 25.6 Å². The molecule has 0 aliphatic heterocycles. The van der Waals surface area contributed by atoms with Crippen molar-refractivity contribution in [2.24, 2.45) is 5.92 Å². The van der Waals surface area contributed by atoms with E-state index < -0.39 is 18.5 Å². The van der Waals surface area contributed by atoms with Gasteiger partial charge in [0, 0.05) is 12.0 Å². The van der Waals surface area contributed by atoms with Crippen LogP contribution >= 0.6 is 11.3 Å². The molecule has 3 rings (SSSR count). The van der Waals surface area contributed by atoms with E-state index in [1.807, 2.05) is 6.07 Å². The summed E-state index contributed by atoms with van der Waals surface area (Å²) in [6.07, 6.45) is 2.83. The molecule has 0 bridgehead atoms. The molecule has 1 amide bonds. The van der Waals surface area contributed by atoms with Gasteiger partial charge in [-0.15, -0.1) is 11.3 Å². The maximum atomic E-state index is 12.3. The Balaban J connectivity index is 1.61. The number of ether oxygens (including phenoxy) is 2. The summed E-state index contributed by atoms with van der Waals surface area (Å²) in [6, 6.07) is 9.09. The smallest absolute Gasteiger partial charge is 0.338 e. The first kappa shape index (κ1) is 20.1. The number of carbonyl (C=O) groups excluding carboxylic acids is 2. The first-order valence-electron chi connectivity index (χ1n) is 9.11. The fraction of sp³-hybridized carbons (Fsp3) is 0.381. The molecule has 1 aromatic carbocycles. The van der Waals surface area contributed by atoms with Crippen molar-refractivity contribution < 1.29 is 19.1 Å². The Morgan fingerprint density at radius 3 is 2.96 bits per heavy atom. The van der Waals surface area contributed by atoms with E-state index in [9.17, 15) is 14.9 Å². The Bertz CT molecular complexity index is 929. The van der Waals surface area contributed by atoms with Gasteiger partial charge in [0.2, 0.25) is 0 Å². The second-order valence-electron chi connectivity index (χ2n) is 6.93. The highest BCUT2D eigenvalue weighted by Gasteiger charge is 2.24. The van der Waals surface area contributed by atoms with Gasteiger partial charge in [0.05, 0.1) is 17.7 Å². The molecule has 1 aliphatic carbocycles. The van der Waals surface area contributed by atoms with Crippen LogP contribution in [0.4, 0.5) is 5.00 Å². The predicted molar refractivity (Wildman–Crippen MR) is 106 cm³/mol. The van der Waals surface area contributed by atoms with E-state index in [0.717, 1.165) is 35.3 Å². The Morgan fingerprint density at radius 1 is 1.39 bits per heavy atom. The fourth-order valence-electron chi connectivity index (χ4n) is 3.29. The zero-order valence-electron chi connectivity index (χ0n) is 15.9. The number of methoxy groups -OCH3 is 1. The summed E-state index contributed by atoms with van der Waals surface area (Å²) in [7, 11) is 1.58. The minimum Gasteiger partial charge on any atom is -0.452 e. The van der Waals surface area contributed by atoms with Gasteiger partial charge < -0.3 is 14.8 Å². The van der Waals surface area contributed by atoms with E-state index in [-0.39, 0.29) is 0 Å². The minimum absolute atomic E-state index is 0.362. The van der Waals surface area contributed by atoms with Gasteiger partial charge in [-0.05, 0) is 48.4 Å². The minimum atomic E-state index is -0.576. The Kier molecular flexibility index (Phi) is 6.45. The quantitative estimate of drug-likeness (QED) is 0.750. The van der Waals surface area contributed by atoms with Crippen molar-refractivity contribution >= 4 is 28.2 Å². The largest absolute Gasteiger partial charge is 0.452 e. The summed E-state index contributed by atoms with van der Waals surface area (Å²) >= 11 is 1.45. The van der Waals surface area contributed by atoms with Crippen LogP contribution in [0, 0.1) is 17.2 Å². The molecule has 0 saturated heterocycles. The fourth-order valence-corrected chi connectivity index (χ4v) is 4.67. The van der Waals surface area contributed by atoms with Crippen molar-refractivity contribution in [3.63, 3.8) is 0 Å². The van der Waals surface area contributed by atoms with Crippen molar-refractivity contribution in [1.82, 2.24) is 0 Å². The number of nitrogens with zero attached hydrogens (tertiary/aromatic N) is 1. The molecule has 1 N–H and O–H groups in total. The highest BCUT2D eigenvalue weighted by atomic mass is 32.1. The predicted octanol–water partition coefficient (Wildman–Crippen LogP) is 3.69. The van der Waals surface area contributed by atoms with E-state index in [1.54, 1.807) is 25.3 Å². The molecule has 0 radical (unpaired) electrons. The van der Waals surface area contributed by atoms with Gasteiger partial charge in [-0.1, -0.05) is 19.1 Å². The first-order chi connectivity index (χ1) is 13.5. The van der Waals surface area contributed by atoms with Crippen LogP contribution in [0.2, 0.25) is 0 Å². The van der Waals surface area contributed by atoms with Gasteiger partial charge >= 0.3 is 5.97 Å². The van der Waals surface area contributed by atoms with Gasteiger partial charge in [0.25, 0.3) is 5.91 Å². The van der Waals surface area contributed by atoms with Crippen LogP contribution in [0.5, 0.6) is 0 Å². The highest BCUT2D eigenvalue weighted by Crippen LogP contribution is 2.39. The molecular formula is C21H22N2O4S. The van der Waals surface area contributed by atoms with E-state index in [0.29, 0.717) is 28.7 Å². The molecular weight excluding hydrogens is 376 g/mol. The standard InChI is InChI=1S/C21H22N2O4S/c1-13-6-7-16-17(10-22)20(28-18(16)8-13)23-19(24)12-27-21(25)15-5-3-4-14(9-15)11-26-2/h3-5,9,13H,6-8,11-12H2,1-2H3,(H,23,24)/t13-/m1/s1. The monoisotopic (exact) mass is 398 g/mol. The van der Waals surface area contributed by atoms with Gasteiger partial charge in [0.1, 0.15) is 11.1 Å². The third-order valence-electron chi connectivity index (χ3n) is 4.68. The molecule has 0 fully saturated rings. The molecule has 2 aromatic rings. The first-order valence-corrected chi connectivity index (χ1v) is 9.93. The van der Waals surface area contributed by atoms with Crippen molar-refractivity contribution in [2.75, 3.05) is 19.0 Å². The number of esters is 1. The van der Waals surface area contributed by atoms with Crippen molar-refractivity contribution in [1.29, 1.82) is 5.26 Å². The zero-order valence-corrected chi connectivity index (χ0v) is 16.7. The van der Waals surface area contributed by atoms with E-state index in [4.69, 9.17) is 9.47 Å². The summed E-state index contributed by atoms with van der Waals surface area (Å²) in [5.41, 5.74) is 2.80. The molecule has 1 aromatic heterocycles. The lowest BCUT2D eigenvalue weighted by atomic mass is 9.89. The summed E-state index contributed by atoms with van der Waals surface area (Å²) < 4.78 is 10.2. The number of amides is 1. The van der Waals surface area contributed by atoms with Gasteiger partial charge in [-0.3, -0.25) is 4.79 Å². The highest BCUT2D eigenvalue weighted by molar-refractivity contribution is 7.16. The lowest BCUT2D eigenvalue weighted by Gasteiger charge is -2.17. The number of hydrogen-bond acceptors (Lipinski definition) is 6. The molecule has 1 aliphatic rings.